The fourth-order valence-electron chi connectivity index (χ4n) is 1.70. The molecule has 2 N–H and O–H groups in total. The normalized spacial score (nSPS) is 12.3. The third kappa shape index (κ3) is 8.02. The summed E-state index contributed by atoms with van der Waals surface area (Å²) in [6, 6.07) is 0.608. The lowest BCUT2D eigenvalue weighted by atomic mass is 10.3. The lowest BCUT2D eigenvalue weighted by molar-refractivity contribution is 0.237. The molecule has 0 radical (unpaired) electrons. The van der Waals surface area contributed by atoms with Gasteiger partial charge >= 0.3 is 0 Å². The summed E-state index contributed by atoms with van der Waals surface area (Å²) in [5.74, 6) is 0.915. The Labute approximate surface area is 107 Å². The molecular formula is C13H30N4. The van der Waals surface area contributed by atoms with Crippen LogP contribution in [0.2, 0.25) is 0 Å². The molecule has 0 amide bonds. The number of nitrogens with one attached hydrogen (secondary N) is 2. The summed E-state index contributed by atoms with van der Waals surface area (Å²) < 4.78 is 0. The first-order chi connectivity index (χ1) is 8.15. The molecule has 0 aliphatic carbocycles. The van der Waals surface area contributed by atoms with Crippen molar-refractivity contribution < 1.29 is 0 Å². The van der Waals surface area contributed by atoms with E-state index in [4.69, 9.17) is 0 Å². The molecule has 0 heterocycles. The van der Waals surface area contributed by atoms with Crippen LogP contribution in [0.4, 0.5) is 0 Å². The van der Waals surface area contributed by atoms with Crippen molar-refractivity contribution in [2.75, 3.05) is 33.2 Å². The largest absolute Gasteiger partial charge is 0.356 e. The second-order valence-electron chi connectivity index (χ2n) is 4.50. The van der Waals surface area contributed by atoms with Crippen LogP contribution in [0.1, 0.15) is 40.5 Å². The Morgan fingerprint density at radius 1 is 1.18 bits per heavy atom. The van der Waals surface area contributed by atoms with Gasteiger partial charge in [0.25, 0.3) is 0 Å². The molecule has 0 atom stereocenters. The van der Waals surface area contributed by atoms with E-state index in [0.717, 1.165) is 32.1 Å². The van der Waals surface area contributed by atoms with Gasteiger partial charge in [0.15, 0.2) is 5.96 Å². The Morgan fingerprint density at radius 2 is 1.82 bits per heavy atom. The summed E-state index contributed by atoms with van der Waals surface area (Å²) >= 11 is 0. The third-order valence-electron chi connectivity index (χ3n) is 2.87. The molecule has 4 heteroatoms. The van der Waals surface area contributed by atoms with Crippen molar-refractivity contribution in [1.29, 1.82) is 0 Å². The predicted octanol–water partition coefficient (Wildman–Crippen LogP) is 1.68. The zero-order chi connectivity index (χ0) is 13.1. The highest BCUT2D eigenvalue weighted by molar-refractivity contribution is 5.79. The summed E-state index contributed by atoms with van der Waals surface area (Å²) in [7, 11) is 1.82. The number of hydrogen-bond acceptors (Lipinski definition) is 2. The van der Waals surface area contributed by atoms with E-state index in [1.807, 2.05) is 7.05 Å². The van der Waals surface area contributed by atoms with E-state index < -0.39 is 0 Å². The SMILES string of the molecule is CCCCNC(=NC)NCCN(CC)C(C)C. The number of guanidine groups is 1. The van der Waals surface area contributed by atoms with Crippen LogP contribution in [0.15, 0.2) is 4.99 Å². The first kappa shape index (κ1) is 16.2. The van der Waals surface area contributed by atoms with Gasteiger partial charge in [-0.25, -0.2) is 0 Å². The van der Waals surface area contributed by atoms with E-state index in [1.165, 1.54) is 12.8 Å². The molecule has 0 aromatic carbocycles. The summed E-state index contributed by atoms with van der Waals surface area (Å²) in [4.78, 5) is 6.64. The molecule has 102 valence electrons. The van der Waals surface area contributed by atoms with E-state index in [0.29, 0.717) is 6.04 Å². The van der Waals surface area contributed by atoms with Crippen molar-refractivity contribution in [1.82, 2.24) is 15.5 Å². The Balaban J connectivity index is 3.76. The molecule has 0 fully saturated rings. The number of unbranched alkanes of at least 4 members (excludes halogenated alkanes) is 1. The van der Waals surface area contributed by atoms with Crippen molar-refractivity contribution in [3.8, 4) is 0 Å². The Kier molecular flexibility index (Phi) is 9.92. The van der Waals surface area contributed by atoms with Gasteiger partial charge in [0.1, 0.15) is 0 Å². The molecule has 0 aromatic heterocycles. The fourth-order valence-corrected chi connectivity index (χ4v) is 1.70. The van der Waals surface area contributed by atoms with Crippen LogP contribution in [0, 0.1) is 0 Å². The molecule has 0 saturated carbocycles. The van der Waals surface area contributed by atoms with Gasteiger partial charge in [-0.05, 0) is 26.8 Å². The van der Waals surface area contributed by atoms with Gasteiger partial charge in [-0.3, -0.25) is 9.89 Å². The van der Waals surface area contributed by atoms with Crippen LogP contribution in [-0.2, 0) is 0 Å². The minimum Gasteiger partial charge on any atom is -0.356 e. The Bertz CT molecular complexity index is 202. The van der Waals surface area contributed by atoms with Crippen molar-refractivity contribution in [3.63, 3.8) is 0 Å². The molecule has 0 spiro atoms. The summed E-state index contributed by atoms with van der Waals surface area (Å²) in [5.41, 5.74) is 0. The molecule has 0 bridgehead atoms. The average Bonchev–Trinajstić information content (AvgIpc) is 2.32. The van der Waals surface area contributed by atoms with E-state index >= 15 is 0 Å². The maximum absolute atomic E-state index is 4.20. The van der Waals surface area contributed by atoms with Crippen LogP contribution >= 0.6 is 0 Å². The smallest absolute Gasteiger partial charge is 0.191 e. The third-order valence-corrected chi connectivity index (χ3v) is 2.87. The second kappa shape index (κ2) is 10.4. The molecule has 0 aliphatic heterocycles. The van der Waals surface area contributed by atoms with Gasteiger partial charge in [-0.1, -0.05) is 20.3 Å². The lowest BCUT2D eigenvalue weighted by Gasteiger charge is -2.25. The molecular weight excluding hydrogens is 212 g/mol. The average molecular weight is 242 g/mol. The first-order valence-electron chi connectivity index (χ1n) is 6.84. The summed E-state index contributed by atoms with van der Waals surface area (Å²) in [5, 5.41) is 6.66. The predicted molar refractivity (Wildman–Crippen MR) is 76.7 cm³/mol. The number of likely N-dealkylation sites (N-methyl/N-ethyl adjacent to an activating group) is 1. The fraction of sp³-hybridized carbons (Fsp3) is 0.923. The topological polar surface area (TPSA) is 39.7 Å². The highest BCUT2D eigenvalue weighted by atomic mass is 15.2. The highest BCUT2D eigenvalue weighted by Crippen LogP contribution is 1.95. The van der Waals surface area contributed by atoms with Gasteiger partial charge in [-0.15, -0.1) is 0 Å². The maximum atomic E-state index is 4.20. The number of hydrogen-bond donors (Lipinski definition) is 2. The molecule has 0 rings (SSSR count). The number of nitrogens with zero attached hydrogens (tertiary/aromatic N) is 2. The van der Waals surface area contributed by atoms with E-state index in [2.05, 4.69) is 48.2 Å². The van der Waals surface area contributed by atoms with Gasteiger partial charge in [-0.2, -0.15) is 0 Å². The Hall–Kier alpha value is -0.770. The van der Waals surface area contributed by atoms with Crippen LogP contribution in [0.3, 0.4) is 0 Å². The first-order valence-corrected chi connectivity index (χ1v) is 6.84. The van der Waals surface area contributed by atoms with Crippen LogP contribution < -0.4 is 10.6 Å². The lowest BCUT2D eigenvalue weighted by Crippen LogP contribution is -2.43. The van der Waals surface area contributed by atoms with Crippen molar-refractivity contribution in [2.45, 2.75) is 46.6 Å². The van der Waals surface area contributed by atoms with Crippen LogP contribution in [0.5, 0.6) is 0 Å². The van der Waals surface area contributed by atoms with E-state index in [1.54, 1.807) is 0 Å². The maximum Gasteiger partial charge on any atom is 0.191 e. The number of rotatable bonds is 8. The zero-order valence-electron chi connectivity index (χ0n) is 12.2. The number of aliphatic imine (C=N–C) groups is 1. The van der Waals surface area contributed by atoms with Gasteiger partial charge in [0.05, 0.1) is 0 Å². The molecule has 4 nitrogen and oxygen atoms in total. The van der Waals surface area contributed by atoms with Gasteiger partial charge in [0, 0.05) is 32.7 Å². The van der Waals surface area contributed by atoms with Crippen molar-refractivity contribution >= 4 is 5.96 Å². The van der Waals surface area contributed by atoms with Gasteiger partial charge in [0.2, 0.25) is 0 Å². The highest BCUT2D eigenvalue weighted by Gasteiger charge is 2.06. The minimum atomic E-state index is 0.608. The van der Waals surface area contributed by atoms with Gasteiger partial charge < -0.3 is 10.6 Å². The molecule has 0 aromatic rings. The summed E-state index contributed by atoms with van der Waals surface area (Å²) in [6.45, 7) is 13.0. The Morgan fingerprint density at radius 3 is 2.29 bits per heavy atom. The van der Waals surface area contributed by atoms with Crippen molar-refractivity contribution in [2.24, 2.45) is 4.99 Å². The second-order valence-corrected chi connectivity index (χ2v) is 4.50. The molecule has 0 aliphatic rings. The summed E-state index contributed by atoms with van der Waals surface area (Å²) in [6.07, 6.45) is 2.40. The van der Waals surface area contributed by atoms with Crippen LogP contribution in [0.25, 0.3) is 0 Å². The monoisotopic (exact) mass is 242 g/mol. The van der Waals surface area contributed by atoms with E-state index in [-0.39, 0.29) is 0 Å². The van der Waals surface area contributed by atoms with Crippen molar-refractivity contribution in [3.05, 3.63) is 0 Å². The molecule has 17 heavy (non-hydrogen) atoms. The minimum absolute atomic E-state index is 0.608. The molecule has 0 saturated heterocycles. The van der Waals surface area contributed by atoms with E-state index in [9.17, 15) is 0 Å². The quantitative estimate of drug-likeness (QED) is 0.386. The zero-order valence-corrected chi connectivity index (χ0v) is 12.2. The van der Waals surface area contributed by atoms with Crippen LogP contribution in [-0.4, -0.2) is 50.1 Å². The standard InChI is InChI=1S/C13H30N4/c1-6-8-9-15-13(14-5)16-10-11-17(7-2)12(3)4/h12H,6-11H2,1-5H3,(H2,14,15,16). The molecule has 0 unspecified atom stereocenters.